The first kappa shape index (κ1) is 15.9. The largest absolute Gasteiger partial charge is 0.289 e. The minimum Gasteiger partial charge on any atom is -0.289 e. The fraction of sp³-hybridized carbons (Fsp3) is 0.250. The summed E-state index contributed by atoms with van der Waals surface area (Å²) in [5.41, 5.74) is 1.68. The number of carbonyl (C=O) groups is 2. The molecule has 2 aliphatic heterocycles. The van der Waals surface area contributed by atoms with Gasteiger partial charge in [-0.2, -0.15) is 0 Å². The Morgan fingerprint density at radius 3 is 1.68 bits per heavy atom. The van der Waals surface area contributed by atoms with Gasteiger partial charge < -0.3 is 0 Å². The Labute approximate surface area is 129 Å². The van der Waals surface area contributed by atoms with Crippen molar-refractivity contribution in [1.29, 1.82) is 0 Å². The monoisotopic (exact) mass is 300 g/mol. The summed E-state index contributed by atoms with van der Waals surface area (Å²) in [6.45, 7) is 1.07. The van der Waals surface area contributed by atoms with Gasteiger partial charge in [-0.05, 0) is 0 Å². The molecule has 114 valence electrons. The molecule has 0 saturated carbocycles. The number of rotatable bonds is 5. The molecule has 0 aromatic heterocycles. The lowest BCUT2D eigenvalue weighted by Crippen LogP contribution is -3.03. The predicted molar refractivity (Wildman–Crippen MR) is 85.0 cm³/mol. The van der Waals surface area contributed by atoms with Crippen molar-refractivity contribution in [2.75, 3.05) is 27.2 Å². The zero-order valence-corrected chi connectivity index (χ0v) is 12.7. The van der Waals surface area contributed by atoms with Crippen LogP contribution in [0.25, 0.3) is 0 Å². The van der Waals surface area contributed by atoms with Gasteiger partial charge in [0.25, 0.3) is 0 Å². The molecule has 2 heterocycles. The van der Waals surface area contributed by atoms with Crippen LogP contribution in [-0.4, -0.2) is 51.2 Å². The second kappa shape index (κ2) is 7.53. The minimum atomic E-state index is -0.0157. The molecule has 0 bridgehead atoms. The quantitative estimate of drug-likeness (QED) is 0.461. The zero-order valence-electron chi connectivity index (χ0n) is 12.7. The summed E-state index contributed by atoms with van der Waals surface area (Å²) in [7, 11) is 3.88. The number of allylic oxidation sites excluding steroid dienone is 6. The maximum atomic E-state index is 11.3. The lowest BCUT2D eigenvalue weighted by atomic mass is 10.2. The van der Waals surface area contributed by atoms with E-state index in [-0.39, 0.29) is 11.6 Å². The van der Waals surface area contributed by atoms with Crippen LogP contribution >= 0.6 is 0 Å². The minimum absolute atomic E-state index is 0.0157. The highest BCUT2D eigenvalue weighted by Crippen LogP contribution is 1.91. The van der Waals surface area contributed by atoms with Crippen LogP contribution in [0.1, 0.15) is 0 Å². The summed E-state index contributed by atoms with van der Waals surface area (Å²) in [6, 6.07) is 0. The van der Waals surface area contributed by atoms with Gasteiger partial charge in [-0.3, -0.25) is 29.4 Å². The second-order valence-corrected chi connectivity index (χ2v) is 5.11. The third-order valence-corrected chi connectivity index (χ3v) is 3.32. The number of hydrogen-bond donors (Lipinski definition) is 2. The molecule has 22 heavy (non-hydrogen) atoms. The van der Waals surface area contributed by atoms with E-state index < -0.39 is 0 Å². The highest BCUT2D eigenvalue weighted by atomic mass is 16.1. The molecule has 0 radical (unpaired) electrons. The summed E-state index contributed by atoms with van der Waals surface area (Å²) in [5, 5.41) is 0. The van der Waals surface area contributed by atoms with Crippen LogP contribution < -0.4 is 9.80 Å². The van der Waals surface area contributed by atoms with E-state index in [1.54, 1.807) is 49.1 Å². The highest BCUT2D eigenvalue weighted by molar-refractivity contribution is 6.03. The molecule has 0 aliphatic carbocycles. The Hall–Kier alpha value is -2.44. The lowest BCUT2D eigenvalue weighted by molar-refractivity contribution is -0.775. The van der Waals surface area contributed by atoms with Crippen molar-refractivity contribution in [2.24, 2.45) is 9.98 Å². The molecule has 2 rings (SSSR count). The lowest BCUT2D eigenvalue weighted by Gasteiger charge is -2.10. The molecular weight excluding hydrogens is 280 g/mol. The number of hydrogen-bond acceptors (Lipinski definition) is 4. The van der Waals surface area contributed by atoms with Crippen molar-refractivity contribution in [2.45, 2.75) is 0 Å². The molecule has 0 aromatic rings. The van der Waals surface area contributed by atoms with Crippen molar-refractivity contribution in [3.05, 3.63) is 48.1 Å². The Balaban J connectivity index is 1.80. The molecule has 0 saturated heterocycles. The number of carbonyl (C=O) groups excluding carboxylic acids is 2. The van der Waals surface area contributed by atoms with E-state index in [0.717, 1.165) is 21.2 Å². The Morgan fingerprint density at radius 1 is 0.864 bits per heavy atom. The molecule has 0 fully saturated rings. The van der Waals surface area contributed by atoms with Crippen molar-refractivity contribution < 1.29 is 19.4 Å². The molecule has 2 atom stereocenters. The normalized spacial score (nSPS) is 25.2. The average Bonchev–Trinajstić information content (AvgIpc) is 2.49. The molecular formula is C16H20N4O2+2. The number of quaternary nitrogens is 2. The van der Waals surface area contributed by atoms with Crippen molar-refractivity contribution >= 4 is 24.0 Å². The van der Waals surface area contributed by atoms with Crippen molar-refractivity contribution in [3.8, 4) is 0 Å². The summed E-state index contributed by atoms with van der Waals surface area (Å²) in [4.78, 5) is 33.2. The Kier molecular flexibility index (Phi) is 5.46. The number of aliphatic imine (C=N–C) groups is 2. The van der Waals surface area contributed by atoms with Gasteiger partial charge in [-0.15, -0.1) is 0 Å². The third kappa shape index (κ3) is 4.54. The van der Waals surface area contributed by atoms with E-state index in [9.17, 15) is 9.59 Å². The molecule has 0 aromatic carbocycles. The van der Waals surface area contributed by atoms with E-state index >= 15 is 0 Å². The predicted octanol–water partition coefficient (Wildman–Crippen LogP) is -1.88. The Bertz CT molecular complexity index is 583. The topological polar surface area (TPSA) is 67.7 Å². The van der Waals surface area contributed by atoms with E-state index in [2.05, 4.69) is 9.98 Å². The zero-order chi connectivity index (χ0) is 15.9. The van der Waals surface area contributed by atoms with Gasteiger partial charge >= 0.3 is 0 Å². The van der Waals surface area contributed by atoms with E-state index in [1.807, 2.05) is 14.1 Å². The van der Waals surface area contributed by atoms with Crippen molar-refractivity contribution in [1.82, 2.24) is 0 Å². The summed E-state index contributed by atoms with van der Waals surface area (Å²) < 4.78 is 0. The molecule has 0 amide bonds. The third-order valence-electron chi connectivity index (χ3n) is 3.32. The number of nitrogens with zero attached hydrogens (tertiary/aromatic N) is 2. The van der Waals surface area contributed by atoms with Gasteiger partial charge in [0, 0.05) is 24.3 Å². The van der Waals surface area contributed by atoms with Crippen LogP contribution in [0.2, 0.25) is 0 Å². The van der Waals surface area contributed by atoms with Gasteiger partial charge in [-0.25, -0.2) is 0 Å². The van der Waals surface area contributed by atoms with Gasteiger partial charge in [0.1, 0.15) is 12.4 Å². The smallest absolute Gasteiger partial charge is 0.189 e. The van der Waals surface area contributed by atoms with Crippen LogP contribution in [0.4, 0.5) is 0 Å². The van der Waals surface area contributed by atoms with Gasteiger partial charge in [0.15, 0.2) is 23.0 Å². The summed E-state index contributed by atoms with van der Waals surface area (Å²) in [6.07, 6.45) is 13.2. The molecule has 0 spiro atoms. The maximum Gasteiger partial charge on any atom is 0.189 e. The molecule has 6 heteroatoms. The standard InChI is InChI=1S/C16H18N4O2/c1-19-7-3-15(21)9-13(19)11-17-5-6-18-12-14-10-16(22)4-8-20(14)2/h3-4,7-12H,5-6H2,1-2H3/p+2. The second-order valence-electron chi connectivity index (χ2n) is 5.11. The fourth-order valence-electron chi connectivity index (χ4n) is 1.96. The van der Waals surface area contributed by atoms with E-state index in [1.165, 1.54) is 0 Å². The van der Waals surface area contributed by atoms with E-state index in [0.29, 0.717) is 13.1 Å². The molecule has 2 N–H and O–H groups in total. The molecule has 2 unspecified atom stereocenters. The van der Waals surface area contributed by atoms with Gasteiger partial charge in [0.2, 0.25) is 0 Å². The van der Waals surface area contributed by atoms with Crippen LogP contribution in [0, 0.1) is 0 Å². The van der Waals surface area contributed by atoms with E-state index in [4.69, 9.17) is 0 Å². The summed E-state index contributed by atoms with van der Waals surface area (Å²) in [5.74, 6) is -0.0314. The number of nitrogens with one attached hydrogen (secondary N) is 2. The SMILES string of the molecule is C[NH+]1C=CC(=O)C=C1C=NCCN=CC1=CC(=O)C=C[NH+]1C. The average molecular weight is 300 g/mol. The maximum absolute atomic E-state index is 11.3. The fourth-order valence-corrected chi connectivity index (χ4v) is 1.96. The first-order chi connectivity index (χ1) is 10.6. The van der Waals surface area contributed by atoms with Crippen LogP contribution in [0.15, 0.2) is 58.1 Å². The first-order valence-electron chi connectivity index (χ1n) is 7.11. The molecule has 6 nitrogen and oxygen atoms in total. The van der Waals surface area contributed by atoms with Gasteiger partial charge in [-0.1, -0.05) is 0 Å². The summed E-state index contributed by atoms with van der Waals surface area (Å²) >= 11 is 0. The molecule has 2 aliphatic rings. The first-order valence-corrected chi connectivity index (χ1v) is 7.11. The van der Waals surface area contributed by atoms with Crippen LogP contribution in [-0.2, 0) is 9.59 Å². The number of ketones is 2. The van der Waals surface area contributed by atoms with Crippen LogP contribution in [0.3, 0.4) is 0 Å². The van der Waals surface area contributed by atoms with Crippen LogP contribution in [0.5, 0.6) is 0 Å². The highest BCUT2D eigenvalue weighted by Gasteiger charge is 2.13. The Morgan fingerprint density at radius 2 is 1.27 bits per heavy atom. The van der Waals surface area contributed by atoms with Gasteiger partial charge in [0.05, 0.1) is 39.6 Å². The van der Waals surface area contributed by atoms with Crippen molar-refractivity contribution in [3.63, 3.8) is 0 Å².